The molecule has 314 valence electrons. The Morgan fingerprint density at radius 2 is 0.966 bits per heavy atom. The second kappa shape index (κ2) is 16.9. The number of methoxy groups -OCH3 is 4. The molecule has 2 aromatic carbocycles. The molecule has 0 radical (unpaired) electrons. The summed E-state index contributed by atoms with van der Waals surface area (Å²) in [7, 11) is 11.0. The van der Waals surface area contributed by atoms with Crippen LogP contribution < -0.4 is 18.9 Å². The van der Waals surface area contributed by atoms with Gasteiger partial charge in [0.2, 0.25) is 0 Å². The molecule has 6 aliphatic rings. The molecule has 2 heterocycles. The number of fused-ring (bicyclic) bond motifs is 2. The highest BCUT2D eigenvalue weighted by Gasteiger charge is 2.58. The van der Waals surface area contributed by atoms with E-state index in [4.69, 9.17) is 28.4 Å². The number of rotatable bonds is 17. The van der Waals surface area contributed by atoms with Crippen LogP contribution in [0, 0.1) is 11.8 Å². The van der Waals surface area contributed by atoms with Crippen LogP contribution in [-0.2, 0) is 42.7 Å². The van der Waals surface area contributed by atoms with Gasteiger partial charge in [-0.1, -0.05) is 50.7 Å². The average Bonchev–Trinajstić information content (AvgIpc) is 3.22. The minimum atomic E-state index is -0.299. The molecule has 0 amide bonds. The third-order valence-corrected chi connectivity index (χ3v) is 14.9. The molecule has 0 aromatic heterocycles. The summed E-state index contributed by atoms with van der Waals surface area (Å²) in [6.07, 6.45) is 17.7. The number of likely N-dealkylation sites (N-methyl/N-ethyl adjacent to an activating group) is 2. The molecule has 2 aliphatic heterocycles. The fourth-order valence-electron chi connectivity index (χ4n) is 11.9. The maximum Gasteiger partial charge on any atom is 0.197 e. The van der Waals surface area contributed by atoms with Crippen LogP contribution in [0.25, 0.3) is 0 Å². The second-order valence-electron chi connectivity index (χ2n) is 17.8. The number of hydrogen-bond acceptors (Lipinski definition) is 10. The summed E-state index contributed by atoms with van der Waals surface area (Å²) in [6, 6.07) is 9.13. The normalized spacial score (nSPS) is 28.6. The number of ether oxygens (including phenoxy) is 6. The van der Waals surface area contributed by atoms with Crippen LogP contribution in [0.5, 0.6) is 23.0 Å². The highest BCUT2D eigenvalue weighted by Crippen LogP contribution is 2.59. The van der Waals surface area contributed by atoms with Crippen molar-refractivity contribution in [1.82, 2.24) is 9.80 Å². The Hall–Kier alpha value is -4.02. The fourth-order valence-corrected chi connectivity index (χ4v) is 11.9. The number of likely N-dealkylation sites (tertiary alicyclic amines) is 2. The van der Waals surface area contributed by atoms with E-state index in [9.17, 15) is 9.59 Å². The average molecular weight is 797 g/mol. The van der Waals surface area contributed by atoms with E-state index >= 15 is 0 Å². The number of allylic oxidation sites excluding steroid dienone is 2. The number of unbranched alkanes of at least 4 members (excludes halogenated alkanes) is 7. The number of hydrogen-bond donors (Lipinski definition) is 0. The lowest BCUT2D eigenvalue weighted by molar-refractivity contribution is -0.123. The highest BCUT2D eigenvalue weighted by atomic mass is 16.5. The Kier molecular flexibility index (Phi) is 11.9. The molecular formula is C48H64N2O8. The van der Waals surface area contributed by atoms with Gasteiger partial charge in [-0.15, -0.1) is 0 Å². The smallest absolute Gasteiger partial charge is 0.197 e. The molecule has 0 saturated carbocycles. The summed E-state index contributed by atoms with van der Waals surface area (Å²) in [5.74, 6) is 4.74. The van der Waals surface area contributed by atoms with E-state index in [1.165, 1.54) is 47.9 Å². The lowest BCUT2D eigenvalue weighted by Gasteiger charge is -2.56. The number of piperidine rings is 2. The fraction of sp³-hybridized carbons (Fsp3) is 0.625. The Morgan fingerprint density at radius 3 is 1.34 bits per heavy atom. The van der Waals surface area contributed by atoms with Crippen molar-refractivity contribution in [3.05, 3.63) is 70.2 Å². The molecular weight excluding hydrogens is 733 g/mol. The molecule has 0 unspecified atom stereocenters. The van der Waals surface area contributed by atoms with Gasteiger partial charge in [-0.25, -0.2) is 0 Å². The first kappa shape index (κ1) is 40.7. The van der Waals surface area contributed by atoms with Crippen molar-refractivity contribution < 1.29 is 38.0 Å². The van der Waals surface area contributed by atoms with E-state index in [0.29, 0.717) is 49.7 Å². The topological polar surface area (TPSA) is 96.0 Å². The van der Waals surface area contributed by atoms with Crippen molar-refractivity contribution in [2.75, 3.05) is 68.8 Å². The van der Waals surface area contributed by atoms with Crippen molar-refractivity contribution in [2.24, 2.45) is 11.8 Å². The number of carbonyl (C=O) groups is 2. The molecule has 0 spiro atoms. The lowest BCUT2D eigenvalue weighted by atomic mass is 9.53. The lowest BCUT2D eigenvalue weighted by Crippen LogP contribution is -2.60. The number of ketones is 2. The molecule has 10 nitrogen and oxygen atoms in total. The molecule has 10 heteroatoms. The van der Waals surface area contributed by atoms with Crippen LogP contribution in [0.4, 0.5) is 0 Å². The Morgan fingerprint density at radius 1 is 0.569 bits per heavy atom. The van der Waals surface area contributed by atoms with Crippen LogP contribution in [0.1, 0.15) is 99.3 Å². The van der Waals surface area contributed by atoms with E-state index in [2.05, 4.69) is 48.2 Å². The van der Waals surface area contributed by atoms with Crippen molar-refractivity contribution in [1.29, 1.82) is 0 Å². The molecule has 8 rings (SSSR count). The third kappa shape index (κ3) is 6.99. The van der Waals surface area contributed by atoms with E-state index in [0.717, 1.165) is 87.5 Å². The summed E-state index contributed by atoms with van der Waals surface area (Å²) in [6.45, 7) is 3.17. The van der Waals surface area contributed by atoms with Crippen molar-refractivity contribution >= 4 is 11.6 Å². The van der Waals surface area contributed by atoms with E-state index in [-0.39, 0.29) is 34.2 Å². The predicted molar refractivity (Wildman–Crippen MR) is 223 cm³/mol. The number of nitrogens with zero attached hydrogens (tertiary/aromatic N) is 2. The molecule has 2 fully saturated rings. The van der Waals surface area contributed by atoms with Gasteiger partial charge in [0, 0.05) is 58.7 Å². The van der Waals surface area contributed by atoms with Gasteiger partial charge in [0.15, 0.2) is 46.1 Å². The minimum Gasteiger partial charge on any atom is -0.493 e. The van der Waals surface area contributed by atoms with E-state index in [1.54, 1.807) is 28.4 Å². The Bertz CT molecular complexity index is 1800. The highest BCUT2D eigenvalue weighted by molar-refractivity contribution is 5.97. The maximum atomic E-state index is 13.3. The summed E-state index contributed by atoms with van der Waals surface area (Å²) >= 11 is 0. The molecule has 4 bridgehead atoms. The Balaban J connectivity index is 0.818. The molecule has 4 aliphatic carbocycles. The zero-order chi connectivity index (χ0) is 40.6. The molecule has 0 N–H and O–H groups in total. The number of carbonyl (C=O) groups excluding carboxylic acids is 2. The zero-order valence-electron chi connectivity index (χ0n) is 35.7. The van der Waals surface area contributed by atoms with E-state index < -0.39 is 0 Å². The SMILES string of the molecule is COC1=C[C@@H]2[C@@H]3Cc4ccc(OC)c(OCCCCCCCCCCOc5c(OC)ccc6c5[C@@]57CCN(C)[C@@H](C6)[C@H]5C=C(OC)C(=O)C7)c4[C@]2(CCN3C)CC1=O. The minimum absolute atomic E-state index is 0.0804. The van der Waals surface area contributed by atoms with Crippen LogP contribution in [0.2, 0.25) is 0 Å². The summed E-state index contributed by atoms with van der Waals surface area (Å²) in [4.78, 5) is 31.5. The molecule has 6 atom stereocenters. The summed E-state index contributed by atoms with van der Waals surface area (Å²) < 4.78 is 36.2. The molecule has 58 heavy (non-hydrogen) atoms. The van der Waals surface area contributed by atoms with Crippen molar-refractivity contribution in [2.45, 2.75) is 113 Å². The Labute approximate surface area is 345 Å². The first-order chi connectivity index (χ1) is 28.2. The van der Waals surface area contributed by atoms with Gasteiger partial charge in [-0.2, -0.15) is 0 Å². The van der Waals surface area contributed by atoms with E-state index in [1.807, 2.05) is 12.1 Å². The second-order valence-corrected chi connectivity index (χ2v) is 17.8. The van der Waals surface area contributed by atoms with Gasteiger partial charge in [-0.3, -0.25) is 9.59 Å². The maximum absolute atomic E-state index is 13.3. The first-order valence-corrected chi connectivity index (χ1v) is 21.8. The largest absolute Gasteiger partial charge is 0.493 e. The predicted octanol–water partition coefficient (Wildman–Crippen LogP) is 7.52. The zero-order valence-corrected chi connectivity index (χ0v) is 35.7. The van der Waals surface area contributed by atoms with Crippen LogP contribution in [0.3, 0.4) is 0 Å². The number of Topliss-reactive ketones (excluding diaryl/α,β-unsaturated/α-hetero) is 2. The summed E-state index contributed by atoms with van der Waals surface area (Å²) in [5, 5.41) is 0. The molecule has 2 aromatic rings. The first-order valence-electron chi connectivity index (χ1n) is 21.8. The molecule has 2 saturated heterocycles. The van der Waals surface area contributed by atoms with Crippen molar-refractivity contribution in [3.63, 3.8) is 0 Å². The number of benzene rings is 2. The van der Waals surface area contributed by atoms with Gasteiger partial charge in [-0.05, 0) is 101 Å². The van der Waals surface area contributed by atoms with Gasteiger partial charge in [0.25, 0.3) is 0 Å². The quantitative estimate of drug-likeness (QED) is 0.150. The van der Waals surface area contributed by atoms with Crippen LogP contribution in [-0.4, -0.2) is 102 Å². The summed E-state index contributed by atoms with van der Waals surface area (Å²) in [5.41, 5.74) is 4.34. The van der Waals surface area contributed by atoms with Crippen LogP contribution >= 0.6 is 0 Å². The van der Waals surface area contributed by atoms with Crippen molar-refractivity contribution in [3.8, 4) is 23.0 Å². The van der Waals surface area contributed by atoms with Gasteiger partial charge >= 0.3 is 0 Å². The van der Waals surface area contributed by atoms with Gasteiger partial charge in [0.1, 0.15) is 0 Å². The van der Waals surface area contributed by atoms with Gasteiger partial charge < -0.3 is 38.2 Å². The standard InChI is InChI=1S/C48H64N2O8/c1-49-21-19-47-29-37(51)41(55-5)27-33(47)35(49)25-31-15-17-39(53-3)45(43(31)47)57-23-13-11-9-7-8-10-12-14-24-58-46-40(54-4)18-16-32-26-36-34-28-42(56-6)38(52)30-48(34,44(32)46)20-22-50(36)2/h15-18,27-28,33-36H,7-14,19-26,29-30H2,1-6H3/t33-,34-,35+,36+,47-,48-/m1/s1. The monoisotopic (exact) mass is 796 g/mol. The van der Waals surface area contributed by atoms with Gasteiger partial charge in [0.05, 0.1) is 41.7 Å². The third-order valence-electron chi connectivity index (χ3n) is 14.9. The van der Waals surface area contributed by atoms with Crippen LogP contribution in [0.15, 0.2) is 47.9 Å².